The molecule has 0 radical (unpaired) electrons. The van der Waals surface area contributed by atoms with E-state index in [0.717, 1.165) is 18.7 Å². The molecular weight excluding hydrogens is 256 g/mol. The van der Waals surface area contributed by atoms with E-state index in [4.69, 9.17) is 4.42 Å². The Kier molecular flexibility index (Phi) is 4.57. The van der Waals surface area contributed by atoms with E-state index < -0.39 is 0 Å². The number of hydrogen-bond donors (Lipinski definition) is 2. The fraction of sp³-hybridized carbons (Fsp3) is 0.429. The number of furan rings is 1. The second kappa shape index (κ2) is 6.38. The zero-order chi connectivity index (χ0) is 14.5. The summed E-state index contributed by atoms with van der Waals surface area (Å²) in [4.78, 5) is 14.3. The lowest BCUT2D eigenvalue weighted by molar-refractivity contribution is 0.0952. The standard InChI is InChI=1S/C14H20N4O2/c1-10-12(14(19)15-7-5-8-18(2)3)13(17-16-10)11-6-4-9-20-11/h4,6,9H,5,7-8H2,1-3H3,(H,15,19)(H,16,17). The van der Waals surface area contributed by atoms with Crippen molar-refractivity contribution in [2.45, 2.75) is 13.3 Å². The van der Waals surface area contributed by atoms with Crippen molar-refractivity contribution in [2.75, 3.05) is 27.2 Å². The third-order valence-electron chi connectivity index (χ3n) is 3.00. The van der Waals surface area contributed by atoms with Gasteiger partial charge in [0.1, 0.15) is 5.69 Å². The maximum Gasteiger partial charge on any atom is 0.255 e. The van der Waals surface area contributed by atoms with Crippen LogP contribution in [0.2, 0.25) is 0 Å². The van der Waals surface area contributed by atoms with Gasteiger partial charge in [-0.2, -0.15) is 5.10 Å². The molecule has 2 heterocycles. The predicted octanol–water partition coefficient (Wildman–Crippen LogP) is 1.66. The van der Waals surface area contributed by atoms with Gasteiger partial charge in [0.25, 0.3) is 5.91 Å². The summed E-state index contributed by atoms with van der Waals surface area (Å²) in [5.74, 6) is 0.467. The minimum atomic E-state index is -0.124. The van der Waals surface area contributed by atoms with Gasteiger partial charge in [0.15, 0.2) is 5.76 Å². The SMILES string of the molecule is Cc1[nH]nc(-c2ccco2)c1C(=O)NCCCN(C)C. The lowest BCUT2D eigenvalue weighted by Crippen LogP contribution is -2.27. The number of H-pyrrole nitrogens is 1. The number of aromatic nitrogens is 2. The summed E-state index contributed by atoms with van der Waals surface area (Å²) in [6.45, 7) is 3.41. The molecule has 0 aromatic carbocycles. The van der Waals surface area contributed by atoms with Gasteiger partial charge in [0.2, 0.25) is 0 Å². The molecule has 6 nitrogen and oxygen atoms in total. The highest BCUT2D eigenvalue weighted by molar-refractivity contribution is 6.00. The summed E-state index contributed by atoms with van der Waals surface area (Å²) < 4.78 is 5.31. The van der Waals surface area contributed by atoms with E-state index in [0.29, 0.717) is 23.6 Å². The van der Waals surface area contributed by atoms with Crippen LogP contribution in [-0.4, -0.2) is 48.2 Å². The van der Waals surface area contributed by atoms with E-state index >= 15 is 0 Å². The maximum absolute atomic E-state index is 12.3. The Bertz CT molecular complexity index is 558. The second-order valence-corrected chi connectivity index (χ2v) is 4.96. The highest BCUT2D eigenvalue weighted by Crippen LogP contribution is 2.23. The first-order valence-corrected chi connectivity index (χ1v) is 6.61. The highest BCUT2D eigenvalue weighted by atomic mass is 16.3. The van der Waals surface area contributed by atoms with Gasteiger partial charge >= 0.3 is 0 Å². The monoisotopic (exact) mass is 276 g/mol. The van der Waals surface area contributed by atoms with Crippen molar-refractivity contribution < 1.29 is 9.21 Å². The normalized spacial score (nSPS) is 11.0. The van der Waals surface area contributed by atoms with Gasteiger partial charge in [-0.3, -0.25) is 9.89 Å². The van der Waals surface area contributed by atoms with E-state index in [1.54, 1.807) is 18.4 Å². The number of carbonyl (C=O) groups excluding carboxylic acids is 1. The van der Waals surface area contributed by atoms with Gasteiger partial charge in [-0.25, -0.2) is 0 Å². The lowest BCUT2D eigenvalue weighted by atomic mass is 10.1. The third-order valence-corrected chi connectivity index (χ3v) is 3.00. The number of nitrogens with zero attached hydrogens (tertiary/aromatic N) is 2. The van der Waals surface area contributed by atoms with Crippen molar-refractivity contribution in [2.24, 2.45) is 0 Å². The third kappa shape index (κ3) is 3.27. The number of aromatic amines is 1. The summed E-state index contributed by atoms with van der Waals surface area (Å²) in [5.41, 5.74) is 1.84. The zero-order valence-electron chi connectivity index (χ0n) is 12.1. The smallest absolute Gasteiger partial charge is 0.255 e. The molecule has 0 bridgehead atoms. The molecule has 0 fully saturated rings. The van der Waals surface area contributed by atoms with E-state index in [2.05, 4.69) is 20.4 Å². The maximum atomic E-state index is 12.3. The van der Waals surface area contributed by atoms with Crippen molar-refractivity contribution in [1.82, 2.24) is 20.4 Å². The van der Waals surface area contributed by atoms with Crippen LogP contribution in [0.3, 0.4) is 0 Å². The molecule has 0 aliphatic carbocycles. The van der Waals surface area contributed by atoms with Crippen molar-refractivity contribution >= 4 is 5.91 Å². The quantitative estimate of drug-likeness (QED) is 0.787. The van der Waals surface area contributed by atoms with Crippen LogP contribution in [-0.2, 0) is 0 Å². The molecule has 20 heavy (non-hydrogen) atoms. The van der Waals surface area contributed by atoms with Gasteiger partial charge in [-0.15, -0.1) is 0 Å². The van der Waals surface area contributed by atoms with Crippen LogP contribution < -0.4 is 5.32 Å². The van der Waals surface area contributed by atoms with E-state index in [1.165, 1.54) is 0 Å². The van der Waals surface area contributed by atoms with Crippen LogP contribution in [0.5, 0.6) is 0 Å². The largest absolute Gasteiger partial charge is 0.463 e. The number of carbonyl (C=O) groups is 1. The van der Waals surface area contributed by atoms with Crippen LogP contribution >= 0.6 is 0 Å². The van der Waals surface area contributed by atoms with E-state index in [1.807, 2.05) is 21.0 Å². The van der Waals surface area contributed by atoms with Crippen LogP contribution in [0.25, 0.3) is 11.5 Å². The molecule has 0 unspecified atom stereocenters. The molecule has 2 aromatic rings. The summed E-state index contributed by atoms with van der Waals surface area (Å²) in [6.07, 6.45) is 2.48. The van der Waals surface area contributed by atoms with Crippen molar-refractivity contribution in [3.63, 3.8) is 0 Å². The number of rotatable bonds is 6. The Morgan fingerprint density at radius 3 is 2.95 bits per heavy atom. The number of nitrogens with one attached hydrogen (secondary N) is 2. The van der Waals surface area contributed by atoms with Crippen LogP contribution in [0.4, 0.5) is 0 Å². The summed E-state index contributed by atoms with van der Waals surface area (Å²) in [6, 6.07) is 3.57. The number of hydrogen-bond acceptors (Lipinski definition) is 4. The second-order valence-electron chi connectivity index (χ2n) is 4.96. The van der Waals surface area contributed by atoms with Gasteiger partial charge < -0.3 is 14.6 Å². The van der Waals surface area contributed by atoms with Crippen molar-refractivity contribution in [3.8, 4) is 11.5 Å². The lowest BCUT2D eigenvalue weighted by Gasteiger charge is -2.10. The molecule has 1 amide bonds. The zero-order valence-corrected chi connectivity index (χ0v) is 12.1. The molecule has 0 aliphatic heterocycles. The van der Waals surface area contributed by atoms with E-state index in [9.17, 15) is 4.79 Å². The molecule has 2 N–H and O–H groups in total. The van der Waals surface area contributed by atoms with Crippen molar-refractivity contribution in [1.29, 1.82) is 0 Å². The van der Waals surface area contributed by atoms with Crippen molar-refractivity contribution in [3.05, 3.63) is 29.7 Å². The molecule has 0 saturated carbocycles. The highest BCUT2D eigenvalue weighted by Gasteiger charge is 2.20. The van der Waals surface area contributed by atoms with Crippen LogP contribution in [0.1, 0.15) is 22.5 Å². The average Bonchev–Trinajstić information content (AvgIpc) is 3.02. The van der Waals surface area contributed by atoms with Gasteiger partial charge in [-0.1, -0.05) is 0 Å². The minimum Gasteiger partial charge on any atom is -0.463 e. The first-order valence-electron chi connectivity index (χ1n) is 6.61. The molecule has 108 valence electrons. The molecule has 6 heteroatoms. The van der Waals surface area contributed by atoms with Gasteiger partial charge in [-0.05, 0) is 46.1 Å². The molecule has 0 saturated heterocycles. The molecular formula is C14H20N4O2. The Balaban J connectivity index is 2.05. The number of amides is 1. The summed E-state index contributed by atoms with van der Waals surface area (Å²) in [5, 5.41) is 9.90. The molecule has 0 aliphatic rings. The van der Waals surface area contributed by atoms with E-state index in [-0.39, 0.29) is 5.91 Å². The Morgan fingerprint density at radius 1 is 1.50 bits per heavy atom. The minimum absolute atomic E-state index is 0.124. The average molecular weight is 276 g/mol. The fourth-order valence-electron chi connectivity index (χ4n) is 1.98. The fourth-order valence-corrected chi connectivity index (χ4v) is 1.98. The molecule has 2 aromatic heterocycles. The Labute approximate surface area is 118 Å². The predicted molar refractivity (Wildman–Crippen MR) is 76.5 cm³/mol. The van der Waals surface area contributed by atoms with Crippen LogP contribution in [0.15, 0.2) is 22.8 Å². The first kappa shape index (κ1) is 14.3. The topological polar surface area (TPSA) is 74.2 Å². The molecule has 2 rings (SSSR count). The molecule has 0 spiro atoms. The summed E-state index contributed by atoms with van der Waals surface area (Å²) in [7, 11) is 4.02. The summed E-state index contributed by atoms with van der Waals surface area (Å²) >= 11 is 0. The number of aryl methyl sites for hydroxylation is 1. The van der Waals surface area contributed by atoms with Gasteiger partial charge in [0.05, 0.1) is 11.8 Å². The Morgan fingerprint density at radius 2 is 2.30 bits per heavy atom. The van der Waals surface area contributed by atoms with Gasteiger partial charge in [0, 0.05) is 12.2 Å². The van der Waals surface area contributed by atoms with Crippen LogP contribution in [0, 0.1) is 6.92 Å². The molecule has 0 atom stereocenters. The first-order chi connectivity index (χ1) is 9.59. The Hall–Kier alpha value is -2.08.